The molecular weight excluding hydrogens is 320 g/mol. The highest BCUT2D eigenvalue weighted by molar-refractivity contribution is 7.10. The fourth-order valence-electron chi connectivity index (χ4n) is 4.47. The lowest BCUT2D eigenvalue weighted by atomic mass is 9.58. The topological polar surface area (TPSA) is 9.23 Å². The molecule has 1 aliphatic carbocycles. The maximum absolute atomic E-state index is 5.91. The molecule has 0 radical (unpaired) electrons. The standard InChI is InChI=1S/C20H26OS2/c1-19(11-8-15(19)16-6-3-12-22-16)9-5-10-20(2)14-21-18(20)17-7-4-13-23-17/h3-4,6-7,12-13,15,18H,5,8-11,14H2,1-2H3. The first kappa shape index (κ1) is 15.9. The van der Waals surface area contributed by atoms with Crippen LogP contribution in [0.1, 0.15) is 67.7 Å². The highest BCUT2D eigenvalue weighted by Crippen LogP contribution is 2.58. The van der Waals surface area contributed by atoms with Gasteiger partial charge in [-0.1, -0.05) is 32.4 Å². The van der Waals surface area contributed by atoms with E-state index in [0.717, 1.165) is 12.5 Å². The number of hydrogen-bond acceptors (Lipinski definition) is 3. The smallest absolute Gasteiger partial charge is 0.0992 e. The first-order valence-corrected chi connectivity index (χ1v) is 10.6. The van der Waals surface area contributed by atoms with Gasteiger partial charge in [-0.2, -0.15) is 0 Å². The van der Waals surface area contributed by atoms with Crippen molar-refractivity contribution in [3.8, 4) is 0 Å². The predicted octanol–water partition coefficient (Wildman–Crippen LogP) is 6.64. The summed E-state index contributed by atoms with van der Waals surface area (Å²) < 4.78 is 5.91. The summed E-state index contributed by atoms with van der Waals surface area (Å²) in [6.07, 6.45) is 7.11. The van der Waals surface area contributed by atoms with Gasteiger partial charge in [0, 0.05) is 15.2 Å². The number of hydrogen-bond donors (Lipinski definition) is 0. The Morgan fingerprint density at radius 1 is 1.04 bits per heavy atom. The van der Waals surface area contributed by atoms with Gasteiger partial charge in [-0.3, -0.25) is 0 Å². The summed E-state index contributed by atoms with van der Waals surface area (Å²) in [5.74, 6) is 0.807. The molecule has 0 aromatic carbocycles. The summed E-state index contributed by atoms with van der Waals surface area (Å²) in [4.78, 5) is 3.01. The van der Waals surface area contributed by atoms with Crippen LogP contribution in [-0.4, -0.2) is 6.61 Å². The van der Waals surface area contributed by atoms with Crippen LogP contribution < -0.4 is 0 Å². The molecule has 4 rings (SSSR count). The molecule has 0 N–H and O–H groups in total. The largest absolute Gasteiger partial charge is 0.371 e. The predicted molar refractivity (Wildman–Crippen MR) is 99.4 cm³/mol. The molecule has 1 aliphatic heterocycles. The van der Waals surface area contributed by atoms with Crippen LogP contribution in [0, 0.1) is 10.8 Å². The van der Waals surface area contributed by atoms with E-state index in [2.05, 4.69) is 48.9 Å². The molecule has 124 valence electrons. The summed E-state index contributed by atoms with van der Waals surface area (Å²) >= 11 is 3.78. The molecule has 3 heterocycles. The van der Waals surface area contributed by atoms with Crippen molar-refractivity contribution in [3.05, 3.63) is 44.8 Å². The van der Waals surface area contributed by atoms with Gasteiger partial charge in [0.1, 0.15) is 0 Å². The van der Waals surface area contributed by atoms with Gasteiger partial charge < -0.3 is 4.74 Å². The van der Waals surface area contributed by atoms with Gasteiger partial charge in [-0.15, -0.1) is 22.7 Å². The van der Waals surface area contributed by atoms with Crippen molar-refractivity contribution in [2.45, 2.75) is 58.0 Å². The molecule has 1 saturated carbocycles. The van der Waals surface area contributed by atoms with Crippen molar-refractivity contribution in [2.75, 3.05) is 6.61 Å². The van der Waals surface area contributed by atoms with Crippen molar-refractivity contribution in [2.24, 2.45) is 10.8 Å². The second kappa shape index (κ2) is 6.02. The van der Waals surface area contributed by atoms with Crippen LogP contribution in [-0.2, 0) is 4.74 Å². The molecule has 0 bridgehead atoms. The molecule has 4 atom stereocenters. The molecular formula is C20H26OS2. The van der Waals surface area contributed by atoms with Gasteiger partial charge in [0.05, 0.1) is 12.7 Å². The van der Waals surface area contributed by atoms with Gasteiger partial charge in [0.15, 0.2) is 0 Å². The van der Waals surface area contributed by atoms with Gasteiger partial charge >= 0.3 is 0 Å². The first-order valence-electron chi connectivity index (χ1n) is 8.79. The monoisotopic (exact) mass is 346 g/mol. The average Bonchev–Trinajstić information content (AvgIpc) is 3.19. The molecule has 1 nitrogen and oxygen atoms in total. The highest BCUT2D eigenvalue weighted by Gasteiger charge is 2.47. The van der Waals surface area contributed by atoms with E-state index in [0.29, 0.717) is 16.9 Å². The van der Waals surface area contributed by atoms with Gasteiger partial charge in [0.2, 0.25) is 0 Å². The summed E-state index contributed by atoms with van der Waals surface area (Å²) in [6.45, 7) is 5.86. The molecule has 4 unspecified atom stereocenters. The number of thiophene rings is 2. The third-order valence-electron chi connectivity index (χ3n) is 6.24. The lowest BCUT2D eigenvalue weighted by Crippen LogP contribution is -2.43. The highest BCUT2D eigenvalue weighted by atomic mass is 32.1. The van der Waals surface area contributed by atoms with E-state index in [1.165, 1.54) is 37.0 Å². The minimum absolute atomic E-state index is 0.338. The Balaban J connectivity index is 1.33. The van der Waals surface area contributed by atoms with Crippen molar-refractivity contribution >= 4 is 22.7 Å². The SMILES string of the molecule is CC1(CCCC2(C)COC2c2cccs2)CCC1c1cccs1. The zero-order valence-electron chi connectivity index (χ0n) is 14.1. The van der Waals surface area contributed by atoms with E-state index >= 15 is 0 Å². The van der Waals surface area contributed by atoms with Crippen molar-refractivity contribution in [1.29, 1.82) is 0 Å². The van der Waals surface area contributed by atoms with Crippen LogP contribution >= 0.6 is 22.7 Å². The Morgan fingerprint density at radius 3 is 2.26 bits per heavy atom. The summed E-state index contributed by atoms with van der Waals surface area (Å²) in [5.41, 5.74) is 0.883. The maximum Gasteiger partial charge on any atom is 0.0992 e. The van der Waals surface area contributed by atoms with Gasteiger partial charge in [0.25, 0.3) is 0 Å². The molecule has 2 fully saturated rings. The minimum atomic E-state index is 0.338. The Hall–Kier alpha value is -0.640. The van der Waals surface area contributed by atoms with E-state index in [1.54, 1.807) is 4.88 Å². The Morgan fingerprint density at radius 2 is 1.74 bits per heavy atom. The van der Waals surface area contributed by atoms with Crippen molar-refractivity contribution in [1.82, 2.24) is 0 Å². The summed E-state index contributed by atoms with van der Waals surface area (Å²) in [6, 6.07) is 8.91. The molecule has 2 aromatic rings. The minimum Gasteiger partial charge on any atom is -0.371 e. The molecule has 23 heavy (non-hydrogen) atoms. The van der Waals surface area contributed by atoms with E-state index in [1.807, 2.05) is 22.7 Å². The molecule has 2 aromatic heterocycles. The molecule has 1 saturated heterocycles. The van der Waals surface area contributed by atoms with E-state index in [-0.39, 0.29) is 0 Å². The van der Waals surface area contributed by atoms with Crippen LogP contribution in [0.3, 0.4) is 0 Å². The van der Waals surface area contributed by atoms with E-state index in [4.69, 9.17) is 4.74 Å². The normalized spacial score (nSPS) is 36.4. The van der Waals surface area contributed by atoms with Gasteiger partial charge in [-0.25, -0.2) is 0 Å². The lowest BCUT2D eigenvalue weighted by molar-refractivity contribution is -0.185. The Bertz CT molecular complexity index is 576. The van der Waals surface area contributed by atoms with Crippen LogP contribution in [0.2, 0.25) is 0 Å². The molecule has 2 aliphatic rings. The Kier molecular flexibility index (Phi) is 4.15. The van der Waals surface area contributed by atoms with Crippen molar-refractivity contribution in [3.63, 3.8) is 0 Å². The quantitative estimate of drug-likeness (QED) is 0.569. The van der Waals surface area contributed by atoms with Crippen LogP contribution in [0.25, 0.3) is 0 Å². The third-order valence-corrected chi connectivity index (χ3v) is 8.14. The van der Waals surface area contributed by atoms with Crippen molar-refractivity contribution < 1.29 is 4.74 Å². The number of rotatable bonds is 6. The van der Waals surface area contributed by atoms with Crippen LogP contribution in [0.4, 0.5) is 0 Å². The molecule has 0 amide bonds. The zero-order valence-corrected chi connectivity index (χ0v) is 15.7. The fourth-order valence-corrected chi connectivity index (χ4v) is 6.46. The molecule has 0 spiro atoms. The summed E-state index contributed by atoms with van der Waals surface area (Å²) in [5, 5.41) is 4.39. The molecule has 3 heteroatoms. The Labute approximate surface area is 147 Å². The first-order chi connectivity index (χ1) is 11.1. The van der Waals surface area contributed by atoms with Gasteiger partial charge in [-0.05, 0) is 59.9 Å². The summed E-state index contributed by atoms with van der Waals surface area (Å²) in [7, 11) is 0. The van der Waals surface area contributed by atoms with E-state index < -0.39 is 0 Å². The van der Waals surface area contributed by atoms with Crippen LogP contribution in [0.5, 0.6) is 0 Å². The van der Waals surface area contributed by atoms with E-state index in [9.17, 15) is 0 Å². The maximum atomic E-state index is 5.91. The fraction of sp³-hybridized carbons (Fsp3) is 0.600. The average molecular weight is 347 g/mol. The lowest BCUT2D eigenvalue weighted by Gasteiger charge is -2.50. The second-order valence-electron chi connectivity index (χ2n) is 7.97. The number of ether oxygens (including phenoxy) is 1. The third kappa shape index (κ3) is 2.81. The second-order valence-corrected chi connectivity index (χ2v) is 9.93. The van der Waals surface area contributed by atoms with Crippen LogP contribution in [0.15, 0.2) is 35.0 Å². The zero-order chi connectivity index (χ0) is 15.9.